The van der Waals surface area contributed by atoms with E-state index in [9.17, 15) is 9.50 Å². The van der Waals surface area contributed by atoms with E-state index in [1.165, 1.54) is 7.11 Å². The van der Waals surface area contributed by atoms with Crippen molar-refractivity contribution in [3.05, 3.63) is 35.1 Å². The molecule has 0 bridgehead atoms. The van der Waals surface area contributed by atoms with Gasteiger partial charge in [0.15, 0.2) is 0 Å². The van der Waals surface area contributed by atoms with E-state index in [0.717, 1.165) is 0 Å². The molecule has 0 unspecified atom stereocenters. The number of methoxy groups -OCH3 is 1. The second-order valence-electron chi connectivity index (χ2n) is 3.77. The minimum Gasteiger partial charge on any atom is -0.386 e. The normalized spacial score (nSPS) is 11.8. The summed E-state index contributed by atoms with van der Waals surface area (Å²) in [6.45, 7) is 3.33. The van der Waals surface area contributed by atoms with Crippen molar-refractivity contribution in [1.82, 2.24) is 0 Å². The molecule has 0 amide bonds. The Morgan fingerprint density at radius 3 is 2.57 bits per heavy atom. The number of halogens is 1. The molecule has 1 aromatic rings. The molecular formula is C11H15FO2. The fourth-order valence-electron chi connectivity index (χ4n) is 1.32. The highest BCUT2D eigenvalue weighted by atomic mass is 19.1. The molecule has 0 aliphatic heterocycles. The SMILES string of the molecule is COCc1cccc(C(C)(C)O)c1F. The first kappa shape index (κ1) is 11.1. The lowest BCUT2D eigenvalue weighted by Gasteiger charge is -2.19. The van der Waals surface area contributed by atoms with E-state index in [1.54, 1.807) is 32.0 Å². The summed E-state index contributed by atoms with van der Waals surface area (Å²) < 4.78 is 18.6. The van der Waals surface area contributed by atoms with E-state index < -0.39 is 5.60 Å². The smallest absolute Gasteiger partial charge is 0.134 e. The maximum Gasteiger partial charge on any atom is 0.134 e. The third-order valence-corrected chi connectivity index (χ3v) is 2.04. The monoisotopic (exact) mass is 198 g/mol. The van der Waals surface area contributed by atoms with Crippen LogP contribution in [0.15, 0.2) is 18.2 Å². The van der Waals surface area contributed by atoms with Gasteiger partial charge in [-0.15, -0.1) is 0 Å². The quantitative estimate of drug-likeness (QED) is 0.806. The van der Waals surface area contributed by atoms with Gasteiger partial charge in [-0.05, 0) is 13.8 Å². The number of benzene rings is 1. The van der Waals surface area contributed by atoms with Gasteiger partial charge in [-0.1, -0.05) is 18.2 Å². The molecule has 0 heterocycles. The van der Waals surface area contributed by atoms with Gasteiger partial charge in [-0.25, -0.2) is 4.39 Å². The predicted molar refractivity (Wildman–Crippen MR) is 52.4 cm³/mol. The van der Waals surface area contributed by atoms with Crippen LogP contribution < -0.4 is 0 Å². The van der Waals surface area contributed by atoms with Gasteiger partial charge in [0.25, 0.3) is 0 Å². The van der Waals surface area contributed by atoms with Gasteiger partial charge in [0, 0.05) is 18.2 Å². The summed E-state index contributed by atoms with van der Waals surface area (Å²) in [6.07, 6.45) is 0. The van der Waals surface area contributed by atoms with Gasteiger partial charge in [-0.3, -0.25) is 0 Å². The van der Waals surface area contributed by atoms with E-state index in [0.29, 0.717) is 11.1 Å². The van der Waals surface area contributed by atoms with Gasteiger partial charge in [0.05, 0.1) is 12.2 Å². The summed E-state index contributed by atoms with van der Waals surface area (Å²) >= 11 is 0. The van der Waals surface area contributed by atoms with Crippen LogP contribution in [-0.2, 0) is 16.9 Å². The molecule has 2 nitrogen and oxygen atoms in total. The first-order valence-electron chi connectivity index (χ1n) is 4.46. The molecule has 1 N–H and O–H groups in total. The van der Waals surface area contributed by atoms with Crippen molar-refractivity contribution in [1.29, 1.82) is 0 Å². The second-order valence-corrected chi connectivity index (χ2v) is 3.77. The molecule has 0 saturated carbocycles. The Labute approximate surface area is 83.3 Å². The van der Waals surface area contributed by atoms with Crippen LogP contribution in [0, 0.1) is 5.82 Å². The van der Waals surface area contributed by atoms with Gasteiger partial charge >= 0.3 is 0 Å². The number of hydrogen-bond acceptors (Lipinski definition) is 2. The molecule has 3 heteroatoms. The lowest BCUT2D eigenvalue weighted by Crippen LogP contribution is -2.18. The maximum absolute atomic E-state index is 13.7. The van der Waals surface area contributed by atoms with E-state index in [2.05, 4.69) is 0 Å². The molecule has 14 heavy (non-hydrogen) atoms. The largest absolute Gasteiger partial charge is 0.386 e. The molecule has 0 aliphatic carbocycles. The average Bonchev–Trinajstić information content (AvgIpc) is 2.07. The zero-order chi connectivity index (χ0) is 10.8. The summed E-state index contributed by atoms with van der Waals surface area (Å²) in [4.78, 5) is 0. The molecule has 0 aliphatic rings. The van der Waals surface area contributed by atoms with Crippen molar-refractivity contribution in [2.45, 2.75) is 26.1 Å². The molecule has 0 radical (unpaired) electrons. The van der Waals surface area contributed by atoms with Crippen LogP contribution in [0.4, 0.5) is 4.39 Å². The van der Waals surface area contributed by atoms with Crippen molar-refractivity contribution in [3.63, 3.8) is 0 Å². The molecular weight excluding hydrogens is 183 g/mol. The maximum atomic E-state index is 13.7. The minimum atomic E-state index is -1.16. The zero-order valence-corrected chi connectivity index (χ0v) is 8.67. The summed E-state index contributed by atoms with van der Waals surface area (Å²) in [5.41, 5.74) is -0.396. The standard InChI is InChI=1S/C11H15FO2/c1-11(2,13)9-6-4-5-8(7-14-3)10(9)12/h4-6,13H,7H2,1-3H3. The lowest BCUT2D eigenvalue weighted by atomic mass is 9.96. The molecule has 0 fully saturated rings. The highest BCUT2D eigenvalue weighted by Gasteiger charge is 2.21. The van der Waals surface area contributed by atoms with Crippen molar-refractivity contribution in [2.75, 3.05) is 7.11 Å². The minimum absolute atomic E-state index is 0.218. The summed E-state index contributed by atoms with van der Waals surface area (Å²) in [6, 6.07) is 4.94. The van der Waals surface area contributed by atoms with Crippen LogP contribution in [0.3, 0.4) is 0 Å². The van der Waals surface area contributed by atoms with Gasteiger partial charge in [0.2, 0.25) is 0 Å². The summed E-state index contributed by atoms with van der Waals surface area (Å²) in [5, 5.41) is 9.68. The third-order valence-electron chi connectivity index (χ3n) is 2.04. The average molecular weight is 198 g/mol. The van der Waals surface area contributed by atoms with E-state index in [1.807, 2.05) is 0 Å². The van der Waals surface area contributed by atoms with Gasteiger partial charge in [-0.2, -0.15) is 0 Å². The molecule has 78 valence electrons. The van der Waals surface area contributed by atoms with Crippen LogP contribution in [0.2, 0.25) is 0 Å². The topological polar surface area (TPSA) is 29.5 Å². The Balaban J connectivity index is 3.14. The predicted octanol–water partition coefficient (Wildman–Crippen LogP) is 2.20. The number of aliphatic hydroxyl groups is 1. The lowest BCUT2D eigenvalue weighted by molar-refractivity contribution is 0.0738. The first-order valence-corrected chi connectivity index (χ1v) is 4.46. The highest BCUT2D eigenvalue weighted by molar-refractivity contribution is 5.29. The fourth-order valence-corrected chi connectivity index (χ4v) is 1.32. The van der Waals surface area contributed by atoms with Crippen LogP contribution in [0.25, 0.3) is 0 Å². The molecule has 0 spiro atoms. The van der Waals surface area contributed by atoms with Crippen LogP contribution in [0.5, 0.6) is 0 Å². The molecule has 1 rings (SSSR count). The number of hydrogen-bond donors (Lipinski definition) is 1. The van der Waals surface area contributed by atoms with Gasteiger partial charge < -0.3 is 9.84 Å². The van der Waals surface area contributed by atoms with Crippen LogP contribution in [-0.4, -0.2) is 12.2 Å². The highest BCUT2D eigenvalue weighted by Crippen LogP contribution is 2.24. The zero-order valence-electron chi connectivity index (χ0n) is 8.67. The Morgan fingerprint density at radius 2 is 2.07 bits per heavy atom. The molecule has 0 atom stereocenters. The van der Waals surface area contributed by atoms with Crippen molar-refractivity contribution < 1.29 is 14.2 Å². The van der Waals surface area contributed by atoms with Crippen molar-refractivity contribution in [3.8, 4) is 0 Å². The molecule has 1 aromatic carbocycles. The van der Waals surface area contributed by atoms with E-state index >= 15 is 0 Å². The number of ether oxygens (including phenoxy) is 1. The van der Waals surface area contributed by atoms with E-state index in [4.69, 9.17) is 4.74 Å². The van der Waals surface area contributed by atoms with E-state index in [-0.39, 0.29) is 12.4 Å². The first-order chi connectivity index (χ1) is 6.46. The number of rotatable bonds is 3. The van der Waals surface area contributed by atoms with Gasteiger partial charge in [0.1, 0.15) is 5.82 Å². The Hall–Kier alpha value is -0.930. The summed E-state index contributed by atoms with van der Waals surface area (Å²) in [7, 11) is 1.51. The Bertz CT molecular complexity index is 316. The molecule has 0 aromatic heterocycles. The van der Waals surface area contributed by atoms with Crippen molar-refractivity contribution >= 4 is 0 Å². The Kier molecular flexibility index (Phi) is 3.24. The summed E-state index contributed by atoms with van der Waals surface area (Å²) in [5.74, 6) is -0.387. The van der Waals surface area contributed by atoms with Crippen LogP contribution >= 0.6 is 0 Å². The van der Waals surface area contributed by atoms with Crippen LogP contribution in [0.1, 0.15) is 25.0 Å². The Morgan fingerprint density at radius 1 is 1.43 bits per heavy atom. The second kappa shape index (κ2) is 4.07. The fraction of sp³-hybridized carbons (Fsp3) is 0.455. The van der Waals surface area contributed by atoms with Crippen molar-refractivity contribution in [2.24, 2.45) is 0 Å². The third kappa shape index (κ3) is 2.30. The molecule has 0 saturated heterocycles.